The van der Waals surface area contributed by atoms with Crippen LogP contribution in [0.2, 0.25) is 0 Å². The van der Waals surface area contributed by atoms with E-state index in [0.29, 0.717) is 25.9 Å². The Kier molecular flexibility index (Phi) is 6.14. The van der Waals surface area contributed by atoms with Gasteiger partial charge >= 0.3 is 5.97 Å². The second-order valence-corrected chi connectivity index (χ2v) is 5.84. The minimum atomic E-state index is -1.33. The summed E-state index contributed by atoms with van der Waals surface area (Å²) < 4.78 is 0. The number of aliphatic hydroxyl groups excluding tert-OH is 1. The molecular weight excluding hydrogens is 276 g/mol. The van der Waals surface area contributed by atoms with Gasteiger partial charge in [-0.2, -0.15) is 0 Å². The molecule has 0 aromatic rings. The molecule has 7 nitrogen and oxygen atoms in total. The molecule has 0 radical (unpaired) electrons. The summed E-state index contributed by atoms with van der Waals surface area (Å²) in [7, 11) is 0. The molecular formula is C14H24N2O5. The van der Waals surface area contributed by atoms with Gasteiger partial charge in [0.15, 0.2) is 6.04 Å². The van der Waals surface area contributed by atoms with E-state index in [-0.39, 0.29) is 11.8 Å². The van der Waals surface area contributed by atoms with Crippen LogP contribution in [0.4, 0.5) is 0 Å². The Morgan fingerprint density at radius 2 is 1.86 bits per heavy atom. The highest BCUT2D eigenvalue weighted by Gasteiger charge is 2.32. The minimum absolute atomic E-state index is 0.00203. The fourth-order valence-electron chi connectivity index (χ4n) is 2.42. The van der Waals surface area contributed by atoms with Crippen LogP contribution in [-0.2, 0) is 14.4 Å². The van der Waals surface area contributed by atoms with Crippen molar-refractivity contribution in [2.45, 2.75) is 45.8 Å². The average molecular weight is 300 g/mol. The van der Waals surface area contributed by atoms with Crippen molar-refractivity contribution in [3.63, 3.8) is 0 Å². The van der Waals surface area contributed by atoms with Gasteiger partial charge in [0.2, 0.25) is 11.8 Å². The predicted molar refractivity (Wildman–Crippen MR) is 75.4 cm³/mol. The molecule has 0 saturated carbocycles. The minimum Gasteiger partial charge on any atom is -0.480 e. The van der Waals surface area contributed by atoms with Gasteiger partial charge in [-0.3, -0.25) is 9.59 Å². The van der Waals surface area contributed by atoms with Crippen LogP contribution in [0, 0.1) is 11.8 Å². The number of nitrogens with zero attached hydrogens (tertiary/aromatic N) is 1. The van der Waals surface area contributed by atoms with Gasteiger partial charge in [-0.05, 0) is 19.8 Å². The summed E-state index contributed by atoms with van der Waals surface area (Å²) >= 11 is 0. The number of carboxylic acids is 1. The molecule has 3 unspecified atom stereocenters. The lowest BCUT2D eigenvalue weighted by Gasteiger charge is -2.33. The number of aliphatic hydroxyl groups is 1. The van der Waals surface area contributed by atoms with Crippen LogP contribution >= 0.6 is 0 Å². The first-order chi connectivity index (χ1) is 9.73. The number of hydrogen-bond donors (Lipinski definition) is 3. The molecule has 0 aromatic heterocycles. The maximum absolute atomic E-state index is 12.1. The van der Waals surface area contributed by atoms with Gasteiger partial charge in [0.1, 0.15) is 0 Å². The molecule has 1 aliphatic rings. The zero-order chi connectivity index (χ0) is 16.2. The van der Waals surface area contributed by atoms with E-state index in [1.54, 1.807) is 18.7 Å². The summed E-state index contributed by atoms with van der Waals surface area (Å²) in [5, 5.41) is 20.7. The van der Waals surface area contributed by atoms with Crippen molar-refractivity contribution < 1.29 is 24.6 Å². The van der Waals surface area contributed by atoms with Gasteiger partial charge in [0.25, 0.3) is 0 Å². The Balaban J connectivity index is 2.65. The molecule has 0 bridgehead atoms. The number of aliphatic carboxylic acids is 1. The highest BCUT2D eigenvalue weighted by atomic mass is 16.4. The average Bonchev–Trinajstić information content (AvgIpc) is 2.42. The Morgan fingerprint density at radius 1 is 1.24 bits per heavy atom. The number of likely N-dealkylation sites (tertiary alicyclic amines) is 1. The zero-order valence-electron chi connectivity index (χ0n) is 12.7. The topological polar surface area (TPSA) is 107 Å². The van der Waals surface area contributed by atoms with Gasteiger partial charge in [0, 0.05) is 19.0 Å². The highest BCUT2D eigenvalue weighted by molar-refractivity contribution is 5.86. The van der Waals surface area contributed by atoms with E-state index in [9.17, 15) is 19.5 Å². The normalized spacial score (nSPS) is 21.8. The number of amides is 2. The van der Waals surface area contributed by atoms with Gasteiger partial charge in [-0.25, -0.2) is 4.79 Å². The van der Waals surface area contributed by atoms with Crippen molar-refractivity contribution in [3.05, 3.63) is 0 Å². The number of hydrogen-bond acceptors (Lipinski definition) is 4. The summed E-state index contributed by atoms with van der Waals surface area (Å²) in [6.07, 6.45) is 0.145. The third-order valence-corrected chi connectivity index (χ3v) is 3.64. The van der Waals surface area contributed by atoms with Gasteiger partial charge in [-0.1, -0.05) is 13.8 Å². The Labute approximate surface area is 124 Å². The monoisotopic (exact) mass is 300 g/mol. The predicted octanol–water partition coefficient (Wildman–Crippen LogP) is -0.169. The summed E-state index contributed by atoms with van der Waals surface area (Å²) in [5.74, 6) is -2.26. The molecule has 0 spiro atoms. The molecule has 0 aliphatic carbocycles. The molecule has 1 rings (SSSR count). The summed E-state index contributed by atoms with van der Waals surface area (Å²) in [4.78, 5) is 36.7. The number of carboxylic acid groups (broad SMARTS) is 1. The number of nitrogens with one attached hydrogen (secondary N) is 1. The molecule has 1 heterocycles. The molecule has 2 amide bonds. The van der Waals surface area contributed by atoms with E-state index in [2.05, 4.69) is 5.32 Å². The largest absolute Gasteiger partial charge is 0.480 e. The van der Waals surface area contributed by atoms with E-state index in [0.717, 1.165) is 0 Å². The van der Waals surface area contributed by atoms with Crippen LogP contribution < -0.4 is 5.32 Å². The summed E-state index contributed by atoms with van der Waals surface area (Å²) in [5.41, 5.74) is 0. The number of carbonyl (C=O) groups is 3. The standard InChI is InChI=1S/C14H24N2O5/c1-8(2)13(19)16-6-4-5-10(7-16)12(18)15-11(9(3)17)14(20)21/h8-11,17H,4-7H2,1-3H3,(H,15,18)(H,20,21). The van der Waals surface area contributed by atoms with E-state index in [1.165, 1.54) is 6.92 Å². The van der Waals surface area contributed by atoms with Crippen LogP contribution in [0.1, 0.15) is 33.6 Å². The first-order valence-electron chi connectivity index (χ1n) is 7.24. The van der Waals surface area contributed by atoms with Crippen molar-refractivity contribution in [1.82, 2.24) is 10.2 Å². The smallest absolute Gasteiger partial charge is 0.328 e. The van der Waals surface area contributed by atoms with Crippen LogP contribution in [0.3, 0.4) is 0 Å². The van der Waals surface area contributed by atoms with Gasteiger partial charge < -0.3 is 20.4 Å². The Hall–Kier alpha value is -1.63. The quantitative estimate of drug-likeness (QED) is 0.653. The number of carbonyl (C=O) groups excluding carboxylic acids is 2. The third-order valence-electron chi connectivity index (χ3n) is 3.64. The lowest BCUT2D eigenvalue weighted by Crippen LogP contribution is -2.53. The third kappa shape index (κ3) is 4.70. The fraction of sp³-hybridized carbons (Fsp3) is 0.786. The van der Waals surface area contributed by atoms with Crippen molar-refractivity contribution in [2.24, 2.45) is 11.8 Å². The van der Waals surface area contributed by atoms with Gasteiger partial charge in [0.05, 0.1) is 12.0 Å². The van der Waals surface area contributed by atoms with Crippen molar-refractivity contribution >= 4 is 17.8 Å². The molecule has 3 N–H and O–H groups in total. The summed E-state index contributed by atoms with van der Waals surface area (Å²) in [6.45, 7) is 5.85. The van der Waals surface area contributed by atoms with Crippen molar-refractivity contribution in [3.8, 4) is 0 Å². The van der Waals surface area contributed by atoms with Crippen LogP contribution in [0.15, 0.2) is 0 Å². The number of piperidine rings is 1. The second kappa shape index (κ2) is 7.40. The highest BCUT2D eigenvalue weighted by Crippen LogP contribution is 2.18. The Morgan fingerprint density at radius 3 is 2.33 bits per heavy atom. The second-order valence-electron chi connectivity index (χ2n) is 5.84. The molecule has 1 fully saturated rings. The molecule has 3 atom stereocenters. The lowest BCUT2D eigenvalue weighted by atomic mass is 9.95. The molecule has 21 heavy (non-hydrogen) atoms. The molecule has 7 heteroatoms. The van der Waals surface area contributed by atoms with Gasteiger partial charge in [-0.15, -0.1) is 0 Å². The van der Waals surface area contributed by atoms with Crippen LogP contribution in [0.25, 0.3) is 0 Å². The first kappa shape index (κ1) is 17.4. The van der Waals surface area contributed by atoms with Crippen molar-refractivity contribution in [1.29, 1.82) is 0 Å². The van der Waals surface area contributed by atoms with E-state index >= 15 is 0 Å². The van der Waals surface area contributed by atoms with Crippen LogP contribution in [0.5, 0.6) is 0 Å². The lowest BCUT2D eigenvalue weighted by molar-refractivity contribution is -0.146. The fourth-order valence-corrected chi connectivity index (χ4v) is 2.42. The van der Waals surface area contributed by atoms with E-state index in [4.69, 9.17) is 5.11 Å². The van der Waals surface area contributed by atoms with E-state index < -0.39 is 29.9 Å². The Bertz CT molecular complexity index is 408. The SMILES string of the molecule is CC(C)C(=O)N1CCCC(C(=O)NC(C(=O)O)C(C)O)C1. The molecule has 1 saturated heterocycles. The number of rotatable bonds is 5. The molecule has 1 aliphatic heterocycles. The summed E-state index contributed by atoms with van der Waals surface area (Å²) in [6, 6.07) is -1.33. The van der Waals surface area contributed by atoms with Crippen LogP contribution in [-0.4, -0.2) is 58.1 Å². The molecule has 0 aromatic carbocycles. The maximum Gasteiger partial charge on any atom is 0.328 e. The molecule has 120 valence electrons. The maximum atomic E-state index is 12.1. The van der Waals surface area contributed by atoms with E-state index in [1.807, 2.05) is 0 Å². The zero-order valence-corrected chi connectivity index (χ0v) is 12.7. The van der Waals surface area contributed by atoms with Crippen molar-refractivity contribution in [2.75, 3.05) is 13.1 Å². The first-order valence-corrected chi connectivity index (χ1v) is 7.24.